The largest absolute Gasteiger partial charge is 0.362 e. The number of hydrogen-bond acceptors (Lipinski definition) is 6. The molecule has 0 saturated carbocycles. The highest BCUT2D eigenvalue weighted by atomic mass is 35.5. The van der Waals surface area contributed by atoms with Gasteiger partial charge in [-0.15, -0.1) is 11.3 Å². The van der Waals surface area contributed by atoms with Crippen LogP contribution in [-0.2, 0) is 0 Å². The molecule has 0 saturated heterocycles. The molecular formula is C14H11ClN4O2S. The van der Waals surface area contributed by atoms with Gasteiger partial charge >= 0.3 is 0 Å². The molecule has 0 spiro atoms. The zero-order valence-corrected chi connectivity index (χ0v) is 13.4. The first-order chi connectivity index (χ1) is 10.5. The number of anilines is 1. The molecule has 0 aliphatic rings. The van der Waals surface area contributed by atoms with Gasteiger partial charge in [-0.2, -0.15) is 4.98 Å². The third-order valence-corrected chi connectivity index (χ3v) is 4.22. The summed E-state index contributed by atoms with van der Waals surface area (Å²) < 4.78 is 0. The summed E-state index contributed by atoms with van der Waals surface area (Å²) in [6.45, 7) is 0. The molecule has 6 nitrogen and oxygen atoms in total. The number of benzene rings is 1. The van der Waals surface area contributed by atoms with Gasteiger partial charge in [0, 0.05) is 37.2 Å². The highest BCUT2D eigenvalue weighted by Crippen LogP contribution is 2.39. The summed E-state index contributed by atoms with van der Waals surface area (Å²) in [6.07, 6.45) is 0. The molecule has 0 aliphatic heterocycles. The predicted octanol–water partition coefficient (Wildman–Crippen LogP) is 3.99. The fourth-order valence-corrected chi connectivity index (χ4v) is 3.38. The first-order valence-corrected chi connectivity index (χ1v) is 7.60. The normalized spacial score (nSPS) is 10.9. The Morgan fingerprint density at radius 3 is 2.77 bits per heavy atom. The fraction of sp³-hybridized carbons (Fsp3) is 0.143. The lowest BCUT2D eigenvalue weighted by molar-refractivity contribution is -0.384. The molecule has 0 aliphatic carbocycles. The highest BCUT2D eigenvalue weighted by Gasteiger charge is 2.17. The number of nitrogens with zero attached hydrogens (tertiary/aromatic N) is 4. The molecule has 0 N–H and O–H groups in total. The van der Waals surface area contributed by atoms with Crippen molar-refractivity contribution >= 4 is 44.7 Å². The topological polar surface area (TPSA) is 72.2 Å². The Bertz CT molecular complexity index is 878. The van der Waals surface area contributed by atoms with Crippen LogP contribution >= 0.6 is 22.9 Å². The predicted molar refractivity (Wildman–Crippen MR) is 88.8 cm³/mol. The van der Waals surface area contributed by atoms with E-state index in [4.69, 9.17) is 11.6 Å². The Kier molecular flexibility index (Phi) is 3.67. The highest BCUT2D eigenvalue weighted by molar-refractivity contribution is 7.17. The van der Waals surface area contributed by atoms with Crippen molar-refractivity contribution < 1.29 is 4.92 Å². The number of thiophene rings is 1. The summed E-state index contributed by atoms with van der Waals surface area (Å²) in [7, 11) is 3.74. The van der Waals surface area contributed by atoms with Gasteiger partial charge in [-0.1, -0.05) is 12.1 Å². The second-order valence-electron chi connectivity index (χ2n) is 4.85. The Labute approximate surface area is 135 Å². The van der Waals surface area contributed by atoms with Crippen molar-refractivity contribution in [3.8, 4) is 11.1 Å². The molecule has 8 heteroatoms. The summed E-state index contributed by atoms with van der Waals surface area (Å²) in [5.74, 6) is 0.692. The van der Waals surface area contributed by atoms with Crippen LogP contribution in [0.3, 0.4) is 0 Å². The zero-order valence-electron chi connectivity index (χ0n) is 11.8. The van der Waals surface area contributed by atoms with Gasteiger partial charge in [-0.05, 0) is 17.2 Å². The van der Waals surface area contributed by atoms with Crippen LogP contribution in [0.15, 0.2) is 29.6 Å². The molecule has 2 aromatic heterocycles. The van der Waals surface area contributed by atoms with E-state index in [1.54, 1.807) is 12.1 Å². The van der Waals surface area contributed by atoms with Gasteiger partial charge in [-0.25, -0.2) is 4.98 Å². The third kappa shape index (κ3) is 2.49. The molecule has 22 heavy (non-hydrogen) atoms. The molecule has 0 atom stereocenters. The van der Waals surface area contributed by atoms with E-state index in [0.717, 1.165) is 21.3 Å². The Hall–Kier alpha value is -2.25. The first kappa shape index (κ1) is 14.7. The van der Waals surface area contributed by atoms with E-state index in [-0.39, 0.29) is 11.0 Å². The molecule has 2 heterocycles. The number of halogens is 1. The van der Waals surface area contributed by atoms with Crippen LogP contribution in [0.25, 0.3) is 21.3 Å². The van der Waals surface area contributed by atoms with E-state index in [0.29, 0.717) is 5.82 Å². The number of aromatic nitrogens is 2. The summed E-state index contributed by atoms with van der Waals surface area (Å²) in [5, 5.41) is 13.9. The Balaban J connectivity index is 2.28. The molecule has 0 amide bonds. The van der Waals surface area contributed by atoms with Crippen molar-refractivity contribution in [2.45, 2.75) is 0 Å². The number of non-ortho nitro benzene ring substituents is 1. The summed E-state index contributed by atoms with van der Waals surface area (Å²) in [5.41, 5.74) is 1.68. The van der Waals surface area contributed by atoms with Crippen LogP contribution in [0, 0.1) is 10.1 Å². The van der Waals surface area contributed by atoms with Gasteiger partial charge in [0.2, 0.25) is 5.28 Å². The van der Waals surface area contributed by atoms with E-state index in [1.807, 2.05) is 30.4 Å². The van der Waals surface area contributed by atoms with Gasteiger partial charge in [0.25, 0.3) is 5.69 Å². The second kappa shape index (κ2) is 5.51. The summed E-state index contributed by atoms with van der Waals surface area (Å²) >= 11 is 7.40. The number of fused-ring (bicyclic) bond motifs is 1. The minimum atomic E-state index is -0.404. The number of nitro groups is 1. The molecule has 0 fully saturated rings. The van der Waals surface area contributed by atoms with Gasteiger partial charge in [0.1, 0.15) is 10.6 Å². The maximum Gasteiger partial charge on any atom is 0.270 e. The van der Waals surface area contributed by atoms with Crippen LogP contribution in [0.5, 0.6) is 0 Å². The molecule has 112 valence electrons. The Morgan fingerprint density at radius 1 is 1.32 bits per heavy atom. The van der Waals surface area contributed by atoms with E-state index in [9.17, 15) is 10.1 Å². The van der Waals surface area contributed by atoms with Crippen molar-refractivity contribution in [1.29, 1.82) is 0 Å². The monoisotopic (exact) mass is 334 g/mol. The first-order valence-electron chi connectivity index (χ1n) is 6.34. The molecule has 1 aromatic carbocycles. The van der Waals surface area contributed by atoms with Crippen LogP contribution in [0.2, 0.25) is 5.28 Å². The molecule has 3 aromatic rings. The molecule has 3 rings (SSSR count). The fourth-order valence-electron chi connectivity index (χ4n) is 2.22. The molecule has 0 bridgehead atoms. The van der Waals surface area contributed by atoms with E-state index in [2.05, 4.69) is 9.97 Å². The van der Waals surface area contributed by atoms with E-state index < -0.39 is 4.92 Å². The second-order valence-corrected chi connectivity index (χ2v) is 6.04. The van der Waals surface area contributed by atoms with Gasteiger partial charge in [-0.3, -0.25) is 10.1 Å². The SMILES string of the molecule is CN(C)c1nc(Cl)nc2scc(-c3cccc([N+](=O)[O-])c3)c12. The van der Waals surface area contributed by atoms with Crippen molar-refractivity contribution in [2.24, 2.45) is 0 Å². The van der Waals surface area contributed by atoms with E-state index in [1.165, 1.54) is 17.4 Å². The average Bonchev–Trinajstić information content (AvgIpc) is 2.89. The quantitative estimate of drug-likeness (QED) is 0.411. The van der Waals surface area contributed by atoms with Crippen molar-refractivity contribution in [1.82, 2.24) is 9.97 Å². The van der Waals surface area contributed by atoms with Crippen molar-refractivity contribution in [2.75, 3.05) is 19.0 Å². The minimum Gasteiger partial charge on any atom is -0.362 e. The zero-order chi connectivity index (χ0) is 15.9. The van der Waals surface area contributed by atoms with Crippen molar-refractivity contribution in [3.05, 3.63) is 45.0 Å². The van der Waals surface area contributed by atoms with Crippen molar-refractivity contribution in [3.63, 3.8) is 0 Å². The maximum atomic E-state index is 11.0. The van der Waals surface area contributed by atoms with Crippen LogP contribution in [0.1, 0.15) is 0 Å². The third-order valence-electron chi connectivity index (χ3n) is 3.18. The molecule has 0 radical (unpaired) electrons. The van der Waals surface area contributed by atoms with Crippen LogP contribution < -0.4 is 4.90 Å². The van der Waals surface area contributed by atoms with Gasteiger partial charge in [0.05, 0.1) is 10.3 Å². The lowest BCUT2D eigenvalue weighted by atomic mass is 10.1. The lowest BCUT2D eigenvalue weighted by Crippen LogP contribution is -2.11. The number of rotatable bonds is 3. The Morgan fingerprint density at radius 2 is 2.09 bits per heavy atom. The standard InChI is InChI=1S/C14H11ClN4O2S/c1-18(2)12-11-10(7-22-13(11)17-14(15)16-12)8-4-3-5-9(6-8)19(20)21/h3-7H,1-2H3. The van der Waals surface area contributed by atoms with Gasteiger partial charge in [0.15, 0.2) is 0 Å². The van der Waals surface area contributed by atoms with Crippen LogP contribution in [0.4, 0.5) is 11.5 Å². The number of hydrogen-bond donors (Lipinski definition) is 0. The lowest BCUT2D eigenvalue weighted by Gasteiger charge is -2.13. The summed E-state index contributed by atoms with van der Waals surface area (Å²) in [6, 6.07) is 6.53. The maximum absolute atomic E-state index is 11.0. The van der Waals surface area contributed by atoms with Crippen LogP contribution in [-0.4, -0.2) is 29.0 Å². The summed E-state index contributed by atoms with van der Waals surface area (Å²) in [4.78, 5) is 21.7. The number of nitro benzene ring substituents is 1. The smallest absolute Gasteiger partial charge is 0.270 e. The molecule has 0 unspecified atom stereocenters. The molecular weight excluding hydrogens is 324 g/mol. The minimum absolute atomic E-state index is 0.0538. The average molecular weight is 335 g/mol. The van der Waals surface area contributed by atoms with E-state index >= 15 is 0 Å². The van der Waals surface area contributed by atoms with Gasteiger partial charge < -0.3 is 4.90 Å².